The van der Waals surface area contributed by atoms with Crippen LogP contribution in [0.25, 0.3) is 0 Å². The number of nitrogens with one attached hydrogen (secondary N) is 1. The first-order valence-corrected chi connectivity index (χ1v) is 7.52. The summed E-state index contributed by atoms with van der Waals surface area (Å²) in [6.07, 6.45) is 0. The van der Waals surface area contributed by atoms with Crippen LogP contribution >= 0.6 is 22.6 Å². The van der Waals surface area contributed by atoms with E-state index < -0.39 is 11.6 Å². The Bertz CT molecular complexity index is 668. The highest BCUT2D eigenvalue weighted by Gasteiger charge is 2.14. The van der Waals surface area contributed by atoms with Gasteiger partial charge in [0.2, 0.25) is 0 Å². The SMILES string of the molecule is COCCOc1c(F)ccc(Nc2ccc(I)cc2F)c1N. The fourth-order valence-electron chi connectivity index (χ4n) is 1.79. The molecule has 0 bridgehead atoms. The zero-order valence-corrected chi connectivity index (χ0v) is 14.0. The van der Waals surface area contributed by atoms with Gasteiger partial charge in [-0.3, -0.25) is 0 Å². The fourth-order valence-corrected chi connectivity index (χ4v) is 2.24. The first-order chi connectivity index (χ1) is 10.5. The summed E-state index contributed by atoms with van der Waals surface area (Å²) in [6, 6.07) is 7.38. The lowest BCUT2D eigenvalue weighted by atomic mass is 10.2. The molecule has 2 aromatic carbocycles. The summed E-state index contributed by atoms with van der Waals surface area (Å²) in [7, 11) is 1.51. The van der Waals surface area contributed by atoms with Crippen LogP contribution in [0.4, 0.5) is 25.8 Å². The van der Waals surface area contributed by atoms with E-state index in [0.29, 0.717) is 12.3 Å². The molecule has 0 aromatic heterocycles. The van der Waals surface area contributed by atoms with Crippen molar-refractivity contribution in [3.8, 4) is 5.75 Å². The van der Waals surface area contributed by atoms with E-state index in [4.69, 9.17) is 15.2 Å². The lowest BCUT2D eigenvalue weighted by Gasteiger charge is -2.15. The predicted molar refractivity (Wildman–Crippen MR) is 90.6 cm³/mol. The highest BCUT2D eigenvalue weighted by molar-refractivity contribution is 14.1. The zero-order valence-electron chi connectivity index (χ0n) is 11.8. The molecule has 0 unspecified atom stereocenters. The van der Waals surface area contributed by atoms with E-state index >= 15 is 0 Å². The molecular formula is C15H15F2IN2O2. The van der Waals surface area contributed by atoms with Crippen LogP contribution in [0.2, 0.25) is 0 Å². The maximum atomic E-state index is 13.9. The maximum Gasteiger partial charge on any atom is 0.180 e. The van der Waals surface area contributed by atoms with Crippen molar-refractivity contribution >= 4 is 39.7 Å². The molecule has 0 spiro atoms. The highest BCUT2D eigenvalue weighted by Crippen LogP contribution is 2.34. The van der Waals surface area contributed by atoms with E-state index in [1.54, 1.807) is 12.1 Å². The first kappa shape index (κ1) is 16.8. The van der Waals surface area contributed by atoms with Crippen LogP contribution in [0.1, 0.15) is 0 Å². The van der Waals surface area contributed by atoms with Crippen molar-refractivity contribution < 1.29 is 18.3 Å². The van der Waals surface area contributed by atoms with Crippen molar-refractivity contribution in [3.63, 3.8) is 0 Å². The molecule has 0 amide bonds. The third-order valence-corrected chi connectivity index (χ3v) is 3.55. The Morgan fingerprint density at radius 3 is 2.50 bits per heavy atom. The zero-order chi connectivity index (χ0) is 16.1. The van der Waals surface area contributed by atoms with E-state index in [0.717, 1.165) is 3.57 Å². The Kier molecular flexibility index (Phi) is 5.78. The van der Waals surface area contributed by atoms with E-state index in [-0.39, 0.29) is 23.7 Å². The van der Waals surface area contributed by atoms with Crippen LogP contribution in [0.3, 0.4) is 0 Å². The second-order valence-corrected chi connectivity index (χ2v) is 5.67. The first-order valence-electron chi connectivity index (χ1n) is 6.44. The summed E-state index contributed by atoms with van der Waals surface area (Å²) in [5.74, 6) is -1.08. The van der Waals surface area contributed by atoms with Gasteiger partial charge in [-0.1, -0.05) is 0 Å². The molecule has 0 aliphatic rings. The van der Waals surface area contributed by atoms with Crippen molar-refractivity contribution in [3.05, 3.63) is 45.5 Å². The molecule has 0 heterocycles. The average Bonchev–Trinajstić information content (AvgIpc) is 2.48. The number of nitrogen functional groups attached to an aromatic ring is 1. The third kappa shape index (κ3) is 3.98. The van der Waals surface area contributed by atoms with Gasteiger partial charge in [-0.05, 0) is 52.9 Å². The minimum absolute atomic E-state index is 0.0760. The summed E-state index contributed by atoms with van der Waals surface area (Å²) in [5.41, 5.74) is 6.60. The topological polar surface area (TPSA) is 56.5 Å². The second-order valence-electron chi connectivity index (χ2n) is 4.43. The molecule has 118 valence electrons. The molecule has 2 rings (SSSR count). The van der Waals surface area contributed by atoms with E-state index in [1.165, 1.54) is 25.3 Å². The lowest BCUT2D eigenvalue weighted by Crippen LogP contribution is -2.08. The largest absolute Gasteiger partial charge is 0.486 e. The third-order valence-electron chi connectivity index (χ3n) is 2.88. The number of ether oxygens (including phenoxy) is 2. The Morgan fingerprint density at radius 2 is 1.82 bits per heavy atom. The number of rotatable bonds is 6. The van der Waals surface area contributed by atoms with Gasteiger partial charge in [-0.2, -0.15) is 0 Å². The number of hydrogen-bond acceptors (Lipinski definition) is 4. The van der Waals surface area contributed by atoms with Crippen molar-refractivity contribution in [2.45, 2.75) is 0 Å². The normalized spacial score (nSPS) is 10.5. The predicted octanol–water partition coefficient (Wildman–Crippen LogP) is 3.92. The molecule has 3 N–H and O–H groups in total. The molecule has 0 saturated carbocycles. The van der Waals surface area contributed by atoms with Crippen molar-refractivity contribution in [1.82, 2.24) is 0 Å². The average molecular weight is 420 g/mol. The molecule has 0 radical (unpaired) electrons. The summed E-state index contributed by atoms with van der Waals surface area (Å²) < 4.78 is 38.5. The van der Waals surface area contributed by atoms with Crippen LogP contribution in [0.5, 0.6) is 5.75 Å². The summed E-state index contributed by atoms with van der Waals surface area (Å²) >= 11 is 2.01. The number of benzene rings is 2. The molecular weight excluding hydrogens is 405 g/mol. The van der Waals surface area contributed by atoms with Gasteiger partial charge in [0.1, 0.15) is 18.1 Å². The minimum Gasteiger partial charge on any atom is -0.486 e. The summed E-state index contributed by atoms with van der Waals surface area (Å²) in [6.45, 7) is 0.473. The second kappa shape index (κ2) is 7.59. The molecule has 0 saturated heterocycles. The smallest absolute Gasteiger partial charge is 0.180 e. The molecule has 22 heavy (non-hydrogen) atoms. The van der Waals surface area contributed by atoms with Crippen LogP contribution in [-0.2, 0) is 4.74 Å². The van der Waals surface area contributed by atoms with Crippen LogP contribution in [-0.4, -0.2) is 20.3 Å². The van der Waals surface area contributed by atoms with Gasteiger partial charge in [-0.15, -0.1) is 0 Å². The Morgan fingerprint density at radius 1 is 1.09 bits per heavy atom. The lowest BCUT2D eigenvalue weighted by molar-refractivity contribution is 0.144. The van der Waals surface area contributed by atoms with Gasteiger partial charge in [-0.25, -0.2) is 8.78 Å². The number of anilines is 3. The van der Waals surface area contributed by atoms with Gasteiger partial charge in [0, 0.05) is 10.7 Å². The van der Waals surface area contributed by atoms with Crippen molar-refractivity contribution in [1.29, 1.82) is 0 Å². The summed E-state index contributed by atoms with van der Waals surface area (Å²) in [5, 5.41) is 2.84. The standard InChI is InChI=1S/C15H15F2IN2O2/c1-21-6-7-22-15-10(16)3-5-13(14(15)19)20-12-4-2-9(18)8-11(12)17/h2-5,8,20H,6-7,19H2,1H3. The summed E-state index contributed by atoms with van der Waals surface area (Å²) in [4.78, 5) is 0. The maximum absolute atomic E-state index is 13.9. The van der Waals surface area contributed by atoms with Gasteiger partial charge in [0.25, 0.3) is 0 Å². The fraction of sp³-hybridized carbons (Fsp3) is 0.200. The van der Waals surface area contributed by atoms with E-state index in [9.17, 15) is 8.78 Å². The Balaban J connectivity index is 2.26. The molecule has 4 nitrogen and oxygen atoms in total. The Labute approximate surface area is 140 Å². The highest BCUT2D eigenvalue weighted by atomic mass is 127. The number of halogens is 3. The molecule has 0 aliphatic heterocycles. The minimum atomic E-state index is -0.581. The molecule has 0 aliphatic carbocycles. The molecule has 0 fully saturated rings. The van der Waals surface area contributed by atoms with Gasteiger partial charge >= 0.3 is 0 Å². The number of methoxy groups -OCH3 is 1. The monoisotopic (exact) mass is 420 g/mol. The van der Waals surface area contributed by atoms with Gasteiger partial charge in [0.05, 0.1) is 18.0 Å². The quantitative estimate of drug-likeness (QED) is 0.423. The molecule has 0 atom stereocenters. The van der Waals surface area contributed by atoms with E-state index in [2.05, 4.69) is 5.32 Å². The van der Waals surface area contributed by atoms with Crippen LogP contribution in [0.15, 0.2) is 30.3 Å². The van der Waals surface area contributed by atoms with Crippen molar-refractivity contribution in [2.24, 2.45) is 0 Å². The number of hydrogen-bond donors (Lipinski definition) is 2. The van der Waals surface area contributed by atoms with Gasteiger partial charge in [0.15, 0.2) is 11.6 Å². The van der Waals surface area contributed by atoms with Gasteiger partial charge < -0.3 is 20.5 Å². The van der Waals surface area contributed by atoms with E-state index in [1.807, 2.05) is 22.6 Å². The van der Waals surface area contributed by atoms with Crippen molar-refractivity contribution in [2.75, 3.05) is 31.4 Å². The Hall–Kier alpha value is -1.61. The molecule has 2 aromatic rings. The molecule has 7 heteroatoms. The number of nitrogens with two attached hydrogens (primary N) is 1. The van der Waals surface area contributed by atoms with Crippen LogP contribution in [0, 0.1) is 15.2 Å². The van der Waals surface area contributed by atoms with Crippen LogP contribution < -0.4 is 15.8 Å².